The van der Waals surface area contributed by atoms with Gasteiger partial charge in [0.05, 0.1) is 5.69 Å². The normalized spacial score (nSPS) is 22.0. The summed E-state index contributed by atoms with van der Waals surface area (Å²) in [5, 5.41) is 8.45. The van der Waals surface area contributed by atoms with E-state index in [9.17, 15) is 0 Å². The van der Waals surface area contributed by atoms with Crippen molar-refractivity contribution in [3.05, 3.63) is 22.5 Å². The summed E-state index contributed by atoms with van der Waals surface area (Å²) in [5.41, 5.74) is 2.43. The van der Waals surface area contributed by atoms with Gasteiger partial charge in [-0.05, 0) is 36.8 Å². The molecule has 1 heterocycles. The third-order valence-electron chi connectivity index (χ3n) is 2.46. The highest BCUT2D eigenvalue weighted by molar-refractivity contribution is 6.29. The van der Waals surface area contributed by atoms with Crippen molar-refractivity contribution >= 4 is 11.6 Å². The Morgan fingerprint density at radius 3 is 3.17 bits per heavy atom. The number of nitrogens with zero attached hydrogens (tertiary/aromatic N) is 2. The van der Waals surface area contributed by atoms with Crippen molar-refractivity contribution in [2.45, 2.75) is 32.1 Å². The summed E-state index contributed by atoms with van der Waals surface area (Å²) in [6, 6.07) is 1.95. The van der Waals surface area contributed by atoms with Gasteiger partial charge in [-0.2, -0.15) is 5.10 Å². The van der Waals surface area contributed by atoms with Crippen LogP contribution in [0.25, 0.3) is 0 Å². The van der Waals surface area contributed by atoms with Crippen LogP contribution in [0, 0.1) is 0 Å². The second-order valence-electron chi connectivity index (χ2n) is 3.36. The Hall–Kier alpha value is -0.630. The molecule has 3 heteroatoms. The molecule has 0 spiro atoms. The molecule has 0 aliphatic heterocycles. The minimum atomic E-state index is 0.516. The Morgan fingerprint density at radius 2 is 2.33 bits per heavy atom. The van der Waals surface area contributed by atoms with E-state index < -0.39 is 0 Å². The Kier molecular flexibility index (Phi) is 2.01. The summed E-state index contributed by atoms with van der Waals surface area (Å²) in [6.45, 7) is 2.22. The molecular formula is C9H11ClN2. The number of aryl methyl sites for hydroxylation is 1. The van der Waals surface area contributed by atoms with Crippen molar-refractivity contribution in [3.8, 4) is 0 Å². The van der Waals surface area contributed by atoms with Crippen LogP contribution in [0.15, 0.2) is 6.07 Å². The highest BCUT2D eigenvalue weighted by atomic mass is 35.5. The largest absolute Gasteiger partial charge is 0.154 e. The van der Waals surface area contributed by atoms with Crippen molar-refractivity contribution < 1.29 is 0 Å². The van der Waals surface area contributed by atoms with Gasteiger partial charge in [-0.3, -0.25) is 0 Å². The summed E-state index contributed by atoms with van der Waals surface area (Å²) >= 11 is 5.77. The van der Waals surface area contributed by atoms with E-state index in [2.05, 4.69) is 17.1 Å². The van der Waals surface area contributed by atoms with Gasteiger partial charge in [-0.15, -0.1) is 5.10 Å². The molecule has 12 heavy (non-hydrogen) atoms. The summed E-state index contributed by atoms with van der Waals surface area (Å²) in [4.78, 5) is 0. The molecule has 1 unspecified atom stereocenters. The van der Waals surface area contributed by atoms with Crippen molar-refractivity contribution in [2.24, 2.45) is 0 Å². The minimum Gasteiger partial charge on any atom is -0.154 e. The van der Waals surface area contributed by atoms with Gasteiger partial charge >= 0.3 is 0 Å². The van der Waals surface area contributed by atoms with Gasteiger partial charge in [0.25, 0.3) is 0 Å². The van der Waals surface area contributed by atoms with Gasteiger partial charge in [-0.25, -0.2) is 0 Å². The van der Waals surface area contributed by atoms with Crippen LogP contribution >= 0.6 is 11.6 Å². The van der Waals surface area contributed by atoms with Crippen LogP contribution in [0.5, 0.6) is 0 Å². The van der Waals surface area contributed by atoms with Gasteiger partial charge in [0.2, 0.25) is 0 Å². The predicted octanol–water partition coefficient (Wildman–Crippen LogP) is 2.57. The van der Waals surface area contributed by atoms with Crippen LogP contribution in [0.2, 0.25) is 5.15 Å². The first-order chi connectivity index (χ1) is 5.77. The molecule has 0 amide bonds. The number of hydrogen-bond donors (Lipinski definition) is 0. The SMILES string of the molecule is CC1CCCc2nnc(Cl)cc21. The van der Waals surface area contributed by atoms with Crippen LogP contribution in [0.1, 0.15) is 36.9 Å². The summed E-state index contributed by atoms with van der Waals surface area (Å²) in [5.74, 6) is 0.599. The van der Waals surface area contributed by atoms with Gasteiger partial charge in [0.15, 0.2) is 5.15 Å². The molecule has 1 aromatic heterocycles. The van der Waals surface area contributed by atoms with Crippen LogP contribution in [0.3, 0.4) is 0 Å². The predicted molar refractivity (Wildman–Crippen MR) is 48.4 cm³/mol. The van der Waals surface area contributed by atoms with E-state index >= 15 is 0 Å². The summed E-state index contributed by atoms with van der Waals surface area (Å²) in [7, 11) is 0. The van der Waals surface area contributed by atoms with Crippen molar-refractivity contribution in [3.63, 3.8) is 0 Å². The van der Waals surface area contributed by atoms with E-state index in [-0.39, 0.29) is 0 Å². The first kappa shape index (κ1) is 7.99. The van der Waals surface area contributed by atoms with Crippen molar-refractivity contribution in [1.82, 2.24) is 10.2 Å². The molecule has 1 aliphatic carbocycles. The summed E-state index contributed by atoms with van der Waals surface area (Å²) < 4.78 is 0. The Balaban J connectivity index is 2.47. The minimum absolute atomic E-state index is 0.516. The fraction of sp³-hybridized carbons (Fsp3) is 0.556. The molecule has 0 fully saturated rings. The quantitative estimate of drug-likeness (QED) is 0.617. The summed E-state index contributed by atoms with van der Waals surface area (Å²) in [6.07, 6.45) is 3.53. The second kappa shape index (κ2) is 3.02. The Morgan fingerprint density at radius 1 is 1.50 bits per heavy atom. The molecule has 2 nitrogen and oxygen atoms in total. The Bertz CT molecular complexity index is 299. The second-order valence-corrected chi connectivity index (χ2v) is 3.75. The Labute approximate surface area is 77.0 Å². The number of rotatable bonds is 0. The monoisotopic (exact) mass is 182 g/mol. The molecule has 0 bridgehead atoms. The van der Waals surface area contributed by atoms with Crippen LogP contribution in [0.4, 0.5) is 0 Å². The zero-order chi connectivity index (χ0) is 8.55. The van der Waals surface area contributed by atoms with E-state index in [1.807, 2.05) is 6.07 Å². The highest BCUT2D eigenvalue weighted by Gasteiger charge is 2.17. The molecule has 64 valence electrons. The molecule has 0 radical (unpaired) electrons. The third kappa shape index (κ3) is 1.31. The fourth-order valence-corrected chi connectivity index (χ4v) is 1.91. The van der Waals surface area contributed by atoms with Gasteiger partial charge in [0.1, 0.15) is 0 Å². The maximum absolute atomic E-state index is 5.77. The zero-order valence-electron chi connectivity index (χ0n) is 7.05. The lowest BCUT2D eigenvalue weighted by molar-refractivity contribution is 0.571. The van der Waals surface area contributed by atoms with Crippen LogP contribution < -0.4 is 0 Å². The van der Waals surface area contributed by atoms with Crippen LogP contribution in [-0.4, -0.2) is 10.2 Å². The number of fused-ring (bicyclic) bond motifs is 1. The lowest BCUT2D eigenvalue weighted by atomic mass is 9.88. The van der Waals surface area contributed by atoms with Crippen LogP contribution in [-0.2, 0) is 6.42 Å². The number of aromatic nitrogens is 2. The molecular weight excluding hydrogens is 172 g/mol. The molecule has 0 saturated carbocycles. The van der Waals surface area contributed by atoms with Gasteiger partial charge in [-0.1, -0.05) is 18.5 Å². The molecule has 1 atom stereocenters. The number of halogens is 1. The maximum atomic E-state index is 5.77. The lowest BCUT2D eigenvalue weighted by Crippen LogP contribution is -2.09. The van der Waals surface area contributed by atoms with E-state index in [4.69, 9.17) is 11.6 Å². The molecule has 0 saturated heterocycles. The standard InChI is InChI=1S/C9H11ClN2/c1-6-3-2-4-8-7(6)5-9(10)12-11-8/h5-6H,2-4H2,1H3. The van der Waals surface area contributed by atoms with Crippen molar-refractivity contribution in [1.29, 1.82) is 0 Å². The van der Waals surface area contributed by atoms with Gasteiger partial charge in [0, 0.05) is 0 Å². The van der Waals surface area contributed by atoms with Gasteiger partial charge < -0.3 is 0 Å². The third-order valence-corrected chi connectivity index (χ3v) is 2.64. The maximum Gasteiger partial charge on any atom is 0.152 e. The molecule has 1 aliphatic rings. The first-order valence-electron chi connectivity index (χ1n) is 4.29. The number of hydrogen-bond acceptors (Lipinski definition) is 2. The highest BCUT2D eigenvalue weighted by Crippen LogP contribution is 2.30. The molecule has 0 N–H and O–H groups in total. The smallest absolute Gasteiger partial charge is 0.152 e. The molecule has 0 aromatic carbocycles. The first-order valence-corrected chi connectivity index (χ1v) is 4.67. The fourth-order valence-electron chi connectivity index (χ4n) is 1.76. The average Bonchev–Trinajstić information content (AvgIpc) is 2.07. The van der Waals surface area contributed by atoms with Crippen molar-refractivity contribution in [2.75, 3.05) is 0 Å². The van der Waals surface area contributed by atoms with E-state index in [0.717, 1.165) is 12.1 Å². The topological polar surface area (TPSA) is 25.8 Å². The van der Waals surface area contributed by atoms with E-state index in [1.54, 1.807) is 0 Å². The van der Waals surface area contributed by atoms with E-state index in [1.165, 1.54) is 18.4 Å². The molecule has 2 rings (SSSR count). The molecule has 1 aromatic rings. The van der Waals surface area contributed by atoms with E-state index in [0.29, 0.717) is 11.1 Å². The lowest BCUT2D eigenvalue weighted by Gasteiger charge is -2.20. The average molecular weight is 183 g/mol. The zero-order valence-corrected chi connectivity index (χ0v) is 7.80.